The molecule has 0 atom stereocenters. The lowest BCUT2D eigenvalue weighted by atomic mass is 9.65. The van der Waals surface area contributed by atoms with Gasteiger partial charge in [0.15, 0.2) is 0 Å². The maximum atomic E-state index is 12.3. The number of fused-ring (bicyclic) bond motifs is 1. The van der Waals surface area contributed by atoms with Gasteiger partial charge in [0.1, 0.15) is 11.4 Å². The summed E-state index contributed by atoms with van der Waals surface area (Å²) in [5.41, 5.74) is 5.31. The fourth-order valence-electron chi connectivity index (χ4n) is 4.22. The van der Waals surface area contributed by atoms with Gasteiger partial charge in [-0.25, -0.2) is 9.59 Å². The van der Waals surface area contributed by atoms with E-state index in [1.54, 1.807) is 13.8 Å². The molecule has 0 radical (unpaired) electrons. The molecule has 5 rings (SSSR count). The molecule has 0 fully saturated rings. The largest absolute Gasteiger partial charge is 0.461 e. The Bertz CT molecular complexity index is 753. The van der Waals surface area contributed by atoms with Gasteiger partial charge >= 0.3 is 11.9 Å². The molecule has 0 amide bonds. The normalized spacial score (nSPS) is 20.4. The Labute approximate surface area is 139 Å². The van der Waals surface area contributed by atoms with Crippen LogP contribution in [0.3, 0.4) is 0 Å². The van der Waals surface area contributed by atoms with E-state index in [9.17, 15) is 9.59 Å². The van der Waals surface area contributed by atoms with Crippen molar-refractivity contribution < 1.29 is 19.1 Å². The number of ether oxygens (including phenoxy) is 2. The Morgan fingerprint density at radius 3 is 1.83 bits per heavy atom. The second-order valence-electron chi connectivity index (χ2n) is 6.19. The van der Waals surface area contributed by atoms with Crippen LogP contribution in [0.1, 0.15) is 81.8 Å². The molecule has 0 spiro atoms. The molecule has 3 aliphatic carbocycles. The smallest absolute Gasteiger partial charge is 0.355 e. The van der Waals surface area contributed by atoms with Crippen LogP contribution in [0.15, 0.2) is 12.4 Å². The van der Waals surface area contributed by atoms with E-state index in [4.69, 9.17) is 9.47 Å². The molecule has 0 aromatic carbocycles. The van der Waals surface area contributed by atoms with Crippen molar-refractivity contribution in [3.05, 3.63) is 46.0 Å². The van der Waals surface area contributed by atoms with Gasteiger partial charge < -0.3 is 19.4 Å². The first-order valence-corrected chi connectivity index (χ1v) is 8.43. The Kier molecular flexibility index (Phi) is 3.48. The number of nitrogens with one attached hydrogen (secondary N) is 2. The summed E-state index contributed by atoms with van der Waals surface area (Å²) in [4.78, 5) is 30.7. The standard InChI is InChI=1S/C18H20N2O4/c1-3-23-17(21)15-13-10-6-5-9(11(13)7-19-15)12-8-20-16(14(10)12)18(22)24-4-2/h7-10,19-20H,3-6H2,1-2H3. The topological polar surface area (TPSA) is 84.2 Å². The lowest BCUT2D eigenvalue weighted by molar-refractivity contribution is 0.0511. The average molecular weight is 328 g/mol. The lowest BCUT2D eigenvalue weighted by Crippen LogP contribution is -2.26. The Balaban J connectivity index is 1.81. The minimum absolute atomic E-state index is 0.0244. The van der Waals surface area contributed by atoms with Crippen molar-refractivity contribution in [3.63, 3.8) is 0 Å². The third-order valence-electron chi connectivity index (χ3n) is 5.06. The van der Waals surface area contributed by atoms with Crippen molar-refractivity contribution in [3.8, 4) is 0 Å². The van der Waals surface area contributed by atoms with Crippen LogP contribution in [-0.2, 0) is 9.47 Å². The fraction of sp³-hybridized carbons (Fsp3) is 0.444. The Morgan fingerprint density at radius 1 is 0.917 bits per heavy atom. The predicted molar refractivity (Wildman–Crippen MR) is 86.4 cm³/mol. The number of aromatic nitrogens is 2. The van der Waals surface area contributed by atoms with Crippen molar-refractivity contribution >= 4 is 11.9 Å². The Hall–Kier alpha value is -2.50. The zero-order valence-corrected chi connectivity index (χ0v) is 13.8. The van der Waals surface area contributed by atoms with Gasteiger partial charge in [0.25, 0.3) is 0 Å². The van der Waals surface area contributed by atoms with Crippen LogP contribution in [0.2, 0.25) is 0 Å². The number of carbonyl (C=O) groups excluding carboxylic acids is 2. The molecule has 3 aliphatic rings. The molecule has 2 N–H and O–H groups in total. The van der Waals surface area contributed by atoms with Gasteiger partial charge in [0.05, 0.1) is 13.2 Å². The minimum Gasteiger partial charge on any atom is -0.461 e. The quantitative estimate of drug-likeness (QED) is 0.845. The first kappa shape index (κ1) is 15.1. The van der Waals surface area contributed by atoms with Crippen LogP contribution in [-0.4, -0.2) is 35.1 Å². The molecule has 6 nitrogen and oxygen atoms in total. The van der Waals surface area contributed by atoms with E-state index in [2.05, 4.69) is 9.97 Å². The zero-order valence-electron chi connectivity index (χ0n) is 13.8. The van der Waals surface area contributed by atoms with Crippen molar-refractivity contribution in [1.82, 2.24) is 9.97 Å². The van der Waals surface area contributed by atoms with E-state index < -0.39 is 0 Å². The number of hydrogen-bond donors (Lipinski definition) is 2. The molecular formula is C18H20N2O4. The summed E-state index contributed by atoms with van der Waals surface area (Å²) in [5.74, 6) is -0.433. The van der Waals surface area contributed by atoms with E-state index in [1.807, 2.05) is 12.4 Å². The third-order valence-corrected chi connectivity index (χ3v) is 5.06. The number of H-pyrrole nitrogens is 2. The number of hydrogen-bond acceptors (Lipinski definition) is 4. The maximum absolute atomic E-state index is 12.3. The van der Waals surface area contributed by atoms with Gasteiger partial charge in [-0.2, -0.15) is 0 Å². The number of esters is 2. The minimum atomic E-state index is -0.332. The van der Waals surface area contributed by atoms with Crippen molar-refractivity contribution in [2.24, 2.45) is 0 Å². The molecule has 0 saturated carbocycles. The molecule has 126 valence electrons. The summed E-state index contributed by atoms with van der Waals surface area (Å²) < 4.78 is 10.4. The van der Waals surface area contributed by atoms with Gasteiger partial charge in [-0.05, 0) is 48.9 Å². The number of aromatic amines is 2. The number of carbonyl (C=O) groups is 2. The van der Waals surface area contributed by atoms with Gasteiger partial charge in [-0.3, -0.25) is 0 Å². The van der Waals surface area contributed by atoms with E-state index >= 15 is 0 Å². The Morgan fingerprint density at radius 2 is 1.38 bits per heavy atom. The van der Waals surface area contributed by atoms with Crippen molar-refractivity contribution in [2.45, 2.75) is 38.5 Å². The van der Waals surface area contributed by atoms with Crippen LogP contribution in [0, 0.1) is 0 Å². The summed E-state index contributed by atoms with van der Waals surface area (Å²) in [5, 5.41) is 0. The zero-order chi connectivity index (χ0) is 16.8. The van der Waals surface area contributed by atoms with Crippen LogP contribution in [0.25, 0.3) is 0 Å². The predicted octanol–water partition coefficient (Wildman–Crippen LogP) is 3.07. The number of rotatable bonds is 4. The van der Waals surface area contributed by atoms with Crippen LogP contribution >= 0.6 is 0 Å². The molecule has 6 heteroatoms. The highest BCUT2D eigenvalue weighted by Gasteiger charge is 2.44. The van der Waals surface area contributed by atoms with Gasteiger partial charge in [0, 0.05) is 24.2 Å². The second kappa shape index (κ2) is 5.54. The first-order chi connectivity index (χ1) is 11.7. The highest BCUT2D eigenvalue weighted by molar-refractivity contribution is 5.93. The van der Waals surface area contributed by atoms with Gasteiger partial charge in [0.2, 0.25) is 0 Å². The van der Waals surface area contributed by atoms with Crippen LogP contribution in [0.4, 0.5) is 0 Å². The van der Waals surface area contributed by atoms with E-state index in [1.165, 1.54) is 0 Å². The summed E-state index contributed by atoms with van der Waals surface area (Å²) in [6.07, 6.45) is 5.76. The average Bonchev–Trinajstić information content (AvgIpc) is 3.22. The molecule has 24 heavy (non-hydrogen) atoms. The van der Waals surface area contributed by atoms with Gasteiger partial charge in [-0.15, -0.1) is 0 Å². The second-order valence-corrected chi connectivity index (χ2v) is 6.19. The van der Waals surface area contributed by atoms with Crippen molar-refractivity contribution in [1.29, 1.82) is 0 Å². The van der Waals surface area contributed by atoms with Crippen LogP contribution < -0.4 is 0 Å². The molecule has 2 bridgehead atoms. The highest BCUT2D eigenvalue weighted by Crippen LogP contribution is 2.54. The first-order valence-electron chi connectivity index (χ1n) is 8.43. The summed E-state index contributed by atoms with van der Waals surface area (Å²) in [6, 6.07) is 0. The molecular weight excluding hydrogens is 308 g/mol. The molecule has 2 heterocycles. The monoisotopic (exact) mass is 328 g/mol. The fourth-order valence-corrected chi connectivity index (χ4v) is 4.22. The summed E-state index contributed by atoms with van der Waals surface area (Å²) in [7, 11) is 0. The molecule has 2 aromatic heterocycles. The highest BCUT2D eigenvalue weighted by atomic mass is 16.5. The molecule has 0 unspecified atom stereocenters. The molecule has 0 saturated heterocycles. The van der Waals surface area contributed by atoms with E-state index in [0.717, 1.165) is 35.1 Å². The SMILES string of the molecule is CCOC(=O)c1[nH]cc2c1C1CCC2c2c[nH]c(C(=O)OCC)c21. The third kappa shape index (κ3) is 1.95. The summed E-state index contributed by atoms with van der Waals surface area (Å²) in [6.45, 7) is 4.26. The van der Waals surface area contributed by atoms with E-state index in [-0.39, 0.29) is 23.8 Å². The van der Waals surface area contributed by atoms with E-state index in [0.29, 0.717) is 24.6 Å². The molecule has 2 aromatic rings. The lowest BCUT2D eigenvalue weighted by Gasteiger charge is -2.37. The summed E-state index contributed by atoms with van der Waals surface area (Å²) >= 11 is 0. The molecule has 0 aliphatic heterocycles. The maximum Gasteiger partial charge on any atom is 0.355 e. The van der Waals surface area contributed by atoms with Crippen molar-refractivity contribution in [2.75, 3.05) is 13.2 Å². The van der Waals surface area contributed by atoms with Crippen LogP contribution in [0.5, 0.6) is 0 Å². The van der Waals surface area contributed by atoms with Gasteiger partial charge in [-0.1, -0.05) is 0 Å².